The van der Waals surface area contributed by atoms with Crippen LogP contribution in [0.2, 0.25) is 0 Å². The Hall–Kier alpha value is -1.63. The van der Waals surface area contributed by atoms with Gasteiger partial charge in [-0.05, 0) is 26.7 Å². The smallest absolute Gasteiger partial charge is 0.288 e. The van der Waals surface area contributed by atoms with Crippen molar-refractivity contribution in [2.45, 2.75) is 38.8 Å². The van der Waals surface area contributed by atoms with Gasteiger partial charge in [0, 0.05) is 25.2 Å². The average Bonchev–Trinajstić information content (AvgIpc) is 2.76. The van der Waals surface area contributed by atoms with Crippen LogP contribution in [0.3, 0.4) is 0 Å². The van der Waals surface area contributed by atoms with Gasteiger partial charge in [0.2, 0.25) is 11.8 Å². The van der Waals surface area contributed by atoms with Gasteiger partial charge in [0.1, 0.15) is 0 Å². The molecule has 1 amide bonds. The molecule has 100 valence electrons. The molecule has 1 fully saturated rings. The lowest BCUT2D eigenvalue weighted by Crippen LogP contribution is -2.46. The number of carbonyl (C=O) groups excluding carboxylic acids is 1. The van der Waals surface area contributed by atoms with Crippen molar-refractivity contribution in [2.24, 2.45) is 0 Å². The lowest BCUT2D eigenvalue weighted by molar-refractivity contribution is 0.0890. The number of nitrogens with zero attached hydrogens (tertiary/aromatic N) is 3. The minimum absolute atomic E-state index is 0.0924. The summed E-state index contributed by atoms with van der Waals surface area (Å²) in [5, 5.41) is 9.10. The van der Waals surface area contributed by atoms with Gasteiger partial charge >= 0.3 is 0 Å². The monoisotopic (exact) mass is 252 g/mol. The van der Waals surface area contributed by atoms with E-state index in [1.165, 1.54) is 0 Å². The van der Waals surface area contributed by atoms with Crippen LogP contribution in [0.25, 0.3) is 0 Å². The number of amides is 1. The van der Waals surface area contributed by atoms with E-state index in [1.807, 2.05) is 0 Å². The zero-order valence-electron chi connectivity index (χ0n) is 10.8. The fourth-order valence-electron chi connectivity index (χ4n) is 2.19. The molecule has 1 saturated heterocycles. The highest BCUT2D eigenvalue weighted by molar-refractivity contribution is 5.90. The summed E-state index contributed by atoms with van der Waals surface area (Å²) in [6.45, 7) is 6.41. The predicted molar refractivity (Wildman–Crippen MR) is 68.0 cm³/mol. The second-order valence-electron chi connectivity index (χ2n) is 4.92. The number of hydrogen-bond donors (Lipinski definition) is 3. The topological polar surface area (TPSA) is 99.9 Å². The van der Waals surface area contributed by atoms with Crippen LogP contribution in [0.4, 0.5) is 5.95 Å². The number of carbonyl (C=O) groups is 1. The van der Waals surface area contributed by atoms with Crippen LogP contribution in [0.5, 0.6) is 0 Å². The standard InChI is InChI=1S/C11H20N6O/c1-7(2)17-5-3-8(4-6-17)13-10(18)9-14-11(12)16-15-9/h7-8H,3-6H2,1-2H3,(H,13,18)(H3,12,14,15,16). The van der Waals surface area contributed by atoms with Gasteiger partial charge < -0.3 is 16.0 Å². The molecule has 4 N–H and O–H groups in total. The SMILES string of the molecule is CC(C)N1CCC(NC(=O)c2nc(N)n[nH]2)CC1. The fourth-order valence-corrected chi connectivity index (χ4v) is 2.19. The normalized spacial score (nSPS) is 18.2. The van der Waals surface area contributed by atoms with Gasteiger partial charge in [-0.1, -0.05) is 0 Å². The van der Waals surface area contributed by atoms with Crippen LogP contribution in [0.1, 0.15) is 37.3 Å². The molecule has 1 aliphatic heterocycles. The Labute approximate surface area is 106 Å². The molecule has 1 aromatic heterocycles. The number of aromatic nitrogens is 3. The van der Waals surface area contributed by atoms with Crippen LogP contribution < -0.4 is 11.1 Å². The summed E-state index contributed by atoms with van der Waals surface area (Å²) < 4.78 is 0. The predicted octanol–water partition coefficient (Wildman–Crippen LogP) is -0.0105. The summed E-state index contributed by atoms with van der Waals surface area (Å²) >= 11 is 0. The van der Waals surface area contributed by atoms with Crippen LogP contribution in [-0.4, -0.2) is 51.2 Å². The highest BCUT2D eigenvalue weighted by Gasteiger charge is 2.23. The highest BCUT2D eigenvalue weighted by Crippen LogP contribution is 2.13. The molecule has 0 unspecified atom stereocenters. The van der Waals surface area contributed by atoms with Crippen LogP contribution >= 0.6 is 0 Å². The molecule has 1 aromatic rings. The maximum atomic E-state index is 11.8. The van der Waals surface area contributed by atoms with E-state index in [4.69, 9.17) is 5.73 Å². The maximum absolute atomic E-state index is 11.8. The Morgan fingerprint density at radius 1 is 1.50 bits per heavy atom. The molecule has 1 aliphatic rings. The van der Waals surface area contributed by atoms with Crippen molar-refractivity contribution in [3.8, 4) is 0 Å². The molecular formula is C11H20N6O. The first-order chi connectivity index (χ1) is 8.56. The van der Waals surface area contributed by atoms with E-state index in [1.54, 1.807) is 0 Å². The van der Waals surface area contributed by atoms with Crippen molar-refractivity contribution in [1.29, 1.82) is 0 Å². The molecule has 7 heteroatoms. The Balaban J connectivity index is 1.83. The molecule has 0 spiro atoms. The fraction of sp³-hybridized carbons (Fsp3) is 0.727. The Bertz CT molecular complexity index is 407. The Morgan fingerprint density at radius 3 is 2.67 bits per heavy atom. The minimum atomic E-state index is -0.234. The minimum Gasteiger partial charge on any atom is -0.366 e. The van der Waals surface area contributed by atoms with Crippen molar-refractivity contribution in [2.75, 3.05) is 18.8 Å². The Morgan fingerprint density at radius 2 is 2.17 bits per heavy atom. The molecule has 0 radical (unpaired) electrons. The Kier molecular flexibility index (Phi) is 3.81. The number of anilines is 1. The third-order valence-electron chi connectivity index (χ3n) is 3.31. The van der Waals surface area contributed by atoms with E-state index in [-0.39, 0.29) is 23.7 Å². The van der Waals surface area contributed by atoms with E-state index >= 15 is 0 Å². The first kappa shape index (κ1) is 12.8. The third kappa shape index (κ3) is 2.98. The average molecular weight is 252 g/mol. The lowest BCUT2D eigenvalue weighted by Gasteiger charge is -2.34. The summed E-state index contributed by atoms with van der Waals surface area (Å²) in [7, 11) is 0. The van der Waals surface area contributed by atoms with Gasteiger partial charge in [-0.25, -0.2) is 0 Å². The van der Waals surface area contributed by atoms with Crippen molar-refractivity contribution in [3.63, 3.8) is 0 Å². The summed E-state index contributed by atoms with van der Waals surface area (Å²) in [5.74, 6) is 0.0377. The number of nitrogens with one attached hydrogen (secondary N) is 2. The summed E-state index contributed by atoms with van der Waals surface area (Å²) in [6, 6.07) is 0.773. The number of aromatic amines is 1. The van der Waals surface area contributed by atoms with Crippen molar-refractivity contribution >= 4 is 11.9 Å². The largest absolute Gasteiger partial charge is 0.366 e. The third-order valence-corrected chi connectivity index (χ3v) is 3.31. The summed E-state index contributed by atoms with van der Waals surface area (Å²) in [6.07, 6.45) is 1.93. The molecule has 0 bridgehead atoms. The summed E-state index contributed by atoms with van der Waals surface area (Å²) in [4.78, 5) is 18.0. The molecule has 0 atom stereocenters. The number of likely N-dealkylation sites (tertiary alicyclic amines) is 1. The number of H-pyrrole nitrogens is 1. The zero-order chi connectivity index (χ0) is 13.1. The lowest BCUT2D eigenvalue weighted by atomic mass is 10.0. The highest BCUT2D eigenvalue weighted by atomic mass is 16.2. The molecule has 2 rings (SSSR count). The van der Waals surface area contributed by atoms with E-state index in [0.717, 1.165) is 25.9 Å². The second-order valence-corrected chi connectivity index (χ2v) is 4.92. The number of hydrogen-bond acceptors (Lipinski definition) is 5. The number of nitrogen functional groups attached to an aromatic ring is 1. The molecule has 7 nitrogen and oxygen atoms in total. The molecule has 18 heavy (non-hydrogen) atoms. The van der Waals surface area contributed by atoms with Crippen LogP contribution in [-0.2, 0) is 0 Å². The van der Waals surface area contributed by atoms with Crippen molar-refractivity contribution in [1.82, 2.24) is 25.4 Å². The van der Waals surface area contributed by atoms with Crippen LogP contribution in [0, 0.1) is 0 Å². The van der Waals surface area contributed by atoms with E-state index in [0.29, 0.717) is 6.04 Å². The van der Waals surface area contributed by atoms with Gasteiger partial charge in [0.15, 0.2) is 0 Å². The van der Waals surface area contributed by atoms with Gasteiger partial charge in [0.25, 0.3) is 5.91 Å². The van der Waals surface area contributed by atoms with Gasteiger partial charge in [0.05, 0.1) is 0 Å². The molecule has 0 aliphatic carbocycles. The molecule has 2 heterocycles. The van der Waals surface area contributed by atoms with Gasteiger partial charge in [-0.2, -0.15) is 4.98 Å². The van der Waals surface area contributed by atoms with E-state index in [2.05, 4.69) is 39.2 Å². The molecular weight excluding hydrogens is 232 g/mol. The zero-order valence-corrected chi connectivity index (χ0v) is 10.8. The second kappa shape index (κ2) is 5.34. The maximum Gasteiger partial charge on any atom is 0.288 e. The van der Waals surface area contributed by atoms with E-state index in [9.17, 15) is 4.79 Å². The quantitative estimate of drug-likeness (QED) is 0.702. The van der Waals surface area contributed by atoms with Gasteiger partial charge in [-0.3, -0.25) is 9.89 Å². The number of piperidine rings is 1. The number of rotatable bonds is 3. The van der Waals surface area contributed by atoms with Crippen LogP contribution in [0.15, 0.2) is 0 Å². The van der Waals surface area contributed by atoms with E-state index < -0.39 is 0 Å². The van der Waals surface area contributed by atoms with Crippen molar-refractivity contribution in [3.05, 3.63) is 5.82 Å². The summed E-state index contributed by atoms with van der Waals surface area (Å²) in [5.41, 5.74) is 5.36. The molecule has 0 saturated carbocycles. The van der Waals surface area contributed by atoms with Gasteiger partial charge in [-0.15, -0.1) is 5.10 Å². The first-order valence-electron chi connectivity index (χ1n) is 6.29. The number of nitrogens with two attached hydrogens (primary N) is 1. The van der Waals surface area contributed by atoms with Crippen molar-refractivity contribution < 1.29 is 4.79 Å². The molecule has 0 aromatic carbocycles. The first-order valence-corrected chi connectivity index (χ1v) is 6.29.